The fourth-order valence-corrected chi connectivity index (χ4v) is 3.20. The van der Waals surface area contributed by atoms with Crippen molar-refractivity contribution < 1.29 is 4.79 Å². The summed E-state index contributed by atoms with van der Waals surface area (Å²) in [5, 5.41) is 8.87. The second-order valence-electron chi connectivity index (χ2n) is 6.18. The Morgan fingerprint density at radius 3 is 2.54 bits per heavy atom. The molecule has 1 aliphatic heterocycles. The number of nitriles is 1. The number of hydrogen-bond acceptors (Lipinski definition) is 3. The number of para-hydroxylation sites is 1. The average molecular weight is 319 g/mol. The minimum absolute atomic E-state index is 0.0133. The van der Waals surface area contributed by atoms with Gasteiger partial charge in [-0.15, -0.1) is 0 Å². The van der Waals surface area contributed by atoms with E-state index in [-0.39, 0.29) is 11.9 Å². The van der Waals surface area contributed by atoms with Gasteiger partial charge >= 0.3 is 0 Å². The molecule has 0 aromatic heterocycles. The van der Waals surface area contributed by atoms with E-state index in [4.69, 9.17) is 5.26 Å². The second kappa shape index (κ2) is 7.18. The SMILES string of the molecule is CN(C(=O)c1ccc(C#N)cc1)C1CCCN(c2ccccc2)C1. The van der Waals surface area contributed by atoms with Crippen LogP contribution in [0.5, 0.6) is 0 Å². The fraction of sp³-hybridized carbons (Fsp3) is 0.300. The van der Waals surface area contributed by atoms with E-state index >= 15 is 0 Å². The molecule has 0 saturated carbocycles. The van der Waals surface area contributed by atoms with Crippen molar-refractivity contribution in [2.45, 2.75) is 18.9 Å². The topological polar surface area (TPSA) is 47.3 Å². The highest BCUT2D eigenvalue weighted by Gasteiger charge is 2.26. The third kappa shape index (κ3) is 3.41. The molecule has 0 bridgehead atoms. The van der Waals surface area contributed by atoms with E-state index in [1.54, 1.807) is 24.3 Å². The summed E-state index contributed by atoms with van der Waals surface area (Å²) in [5.41, 5.74) is 2.41. The van der Waals surface area contributed by atoms with E-state index in [1.165, 1.54) is 5.69 Å². The lowest BCUT2D eigenvalue weighted by molar-refractivity contribution is 0.0717. The van der Waals surface area contributed by atoms with Crippen LogP contribution in [-0.4, -0.2) is 37.0 Å². The van der Waals surface area contributed by atoms with Crippen LogP contribution in [0, 0.1) is 11.3 Å². The molecule has 0 N–H and O–H groups in total. The van der Waals surface area contributed by atoms with Gasteiger partial charge in [0, 0.05) is 37.4 Å². The maximum absolute atomic E-state index is 12.7. The van der Waals surface area contributed by atoms with E-state index in [0.29, 0.717) is 11.1 Å². The predicted octanol–water partition coefficient (Wildman–Crippen LogP) is 3.30. The van der Waals surface area contributed by atoms with E-state index in [0.717, 1.165) is 25.9 Å². The molecule has 0 spiro atoms. The largest absolute Gasteiger partial charge is 0.369 e. The number of nitrogens with zero attached hydrogens (tertiary/aromatic N) is 3. The van der Waals surface area contributed by atoms with Gasteiger partial charge in [-0.3, -0.25) is 4.79 Å². The average Bonchev–Trinajstić information content (AvgIpc) is 2.67. The monoisotopic (exact) mass is 319 g/mol. The Balaban J connectivity index is 1.70. The van der Waals surface area contributed by atoms with Crippen LogP contribution in [0.1, 0.15) is 28.8 Å². The molecule has 1 atom stereocenters. The summed E-state index contributed by atoms with van der Waals surface area (Å²) in [5.74, 6) is 0.0133. The molecule has 24 heavy (non-hydrogen) atoms. The summed E-state index contributed by atoms with van der Waals surface area (Å²) in [7, 11) is 1.87. The molecule has 1 saturated heterocycles. The van der Waals surface area contributed by atoms with Gasteiger partial charge in [0.2, 0.25) is 0 Å². The van der Waals surface area contributed by atoms with Crippen molar-refractivity contribution in [3.05, 3.63) is 65.7 Å². The van der Waals surface area contributed by atoms with Crippen LogP contribution in [-0.2, 0) is 0 Å². The summed E-state index contributed by atoms with van der Waals surface area (Å²) in [4.78, 5) is 16.9. The van der Waals surface area contributed by atoms with Crippen LogP contribution >= 0.6 is 0 Å². The zero-order chi connectivity index (χ0) is 16.9. The molecule has 2 aromatic rings. The fourth-order valence-electron chi connectivity index (χ4n) is 3.20. The van der Waals surface area contributed by atoms with Gasteiger partial charge in [-0.1, -0.05) is 18.2 Å². The number of likely N-dealkylation sites (N-methyl/N-ethyl adjacent to an activating group) is 1. The smallest absolute Gasteiger partial charge is 0.253 e. The normalized spacial score (nSPS) is 17.2. The number of anilines is 1. The van der Waals surface area contributed by atoms with Gasteiger partial charge in [0.15, 0.2) is 0 Å². The first-order valence-corrected chi connectivity index (χ1v) is 8.26. The number of carbonyl (C=O) groups excluding carboxylic acids is 1. The molecule has 2 aromatic carbocycles. The van der Waals surface area contributed by atoms with Crippen LogP contribution in [0.15, 0.2) is 54.6 Å². The summed E-state index contributed by atoms with van der Waals surface area (Å²) in [6.07, 6.45) is 2.09. The van der Waals surface area contributed by atoms with E-state index in [2.05, 4.69) is 23.1 Å². The highest BCUT2D eigenvalue weighted by atomic mass is 16.2. The maximum atomic E-state index is 12.7. The van der Waals surface area contributed by atoms with Crippen LogP contribution in [0.2, 0.25) is 0 Å². The molecule has 122 valence electrons. The molecule has 1 aliphatic rings. The molecule has 1 amide bonds. The third-order valence-corrected chi connectivity index (χ3v) is 4.65. The molecule has 0 aliphatic carbocycles. The van der Waals surface area contributed by atoms with Crippen LogP contribution in [0.3, 0.4) is 0 Å². The Labute approximate surface area is 142 Å². The first-order valence-electron chi connectivity index (χ1n) is 8.26. The Morgan fingerprint density at radius 1 is 1.17 bits per heavy atom. The Kier molecular flexibility index (Phi) is 4.81. The van der Waals surface area contributed by atoms with Crippen LogP contribution < -0.4 is 4.90 Å². The molecular formula is C20H21N3O. The maximum Gasteiger partial charge on any atom is 0.253 e. The van der Waals surface area contributed by atoms with Gasteiger partial charge in [-0.2, -0.15) is 5.26 Å². The first kappa shape index (κ1) is 16.1. The Bertz CT molecular complexity index is 734. The standard InChI is InChI=1S/C20H21N3O/c1-22(20(24)17-11-9-16(14-21)10-12-17)19-8-5-13-23(15-19)18-6-3-2-4-7-18/h2-4,6-7,9-12,19H,5,8,13,15H2,1H3. The number of benzene rings is 2. The van der Waals surface area contributed by atoms with Crippen molar-refractivity contribution in [3.8, 4) is 6.07 Å². The zero-order valence-corrected chi connectivity index (χ0v) is 13.9. The minimum Gasteiger partial charge on any atom is -0.369 e. The quantitative estimate of drug-likeness (QED) is 0.872. The molecule has 0 radical (unpaired) electrons. The number of hydrogen-bond donors (Lipinski definition) is 0. The van der Waals surface area contributed by atoms with Gasteiger partial charge < -0.3 is 9.80 Å². The molecule has 4 heteroatoms. The van der Waals surface area contributed by atoms with Gasteiger partial charge in [0.05, 0.1) is 11.6 Å². The van der Waals surface area contributed by atoms with Crippen LogP contribution in [0.25, 0.3) is 0 Å². The number of amides is 1. The third-order valence-electron chi connectivity index (χ3n) is 4.65. The van der Waals surface area contributed by atoms with Crippen molar-refractivity contribution in [3.63, 3.8) is 0 Å². The zero-order valence-electron chi connectivity index (χ0n) is 13.9. The summed E-state index contributed by atoms with van der Waals surface area (Å²) >= 11 is 0. The van der Waals surface area contributed by atoms with Crippen molar-refractivity contribution in [1.82, 2.24) is 4.90 Å². The molecule has 4 nitrogen and oxygen atoms in total. The second-order valence-corrected chi connectivity index (χ2v) is 6.18. The first-order chi connectivity index (χ1) is 11.7. The lowest BCUT2D eigenvalue weighted by Crippen LogP contribution is -2.48. The summed E-state index contributed by atoms with van der Waals surface area (Å²) in [6, 6.07) is 19.5. The highest BCUT2D eigenvalue weighted by Crippen LogP contribution is 2.22. The molecule has 1 fully saturated rings. The number of carbonyl (C=O) groups is 1. The van der Waals surface area contributed by atoms with Crippen molar-refractivity contribution in [1.29, 1.82) is 5.26 Å². The van der Waals surface area contributed by atoms with Crippen molar-refractivity contribution in [2.75, 3.05) is 25.0 Å². The summed E-state index contributed by atoms with van der Waals surface area (Å²) in [6.45, 7) is 1.88. The summed E-state index contributed by atoms with van der Waals surface area (Å²) < 4.78 is 0. The minimum atomic E-state index is 0.0133. The lowest BCUT2D eigenvalue weighted by atomic mass is 10.0. The van der Waals surface area contributed by atoms with Crippen LogP contribution in [0.4, 0.5) is 5.69 Å². The Hall–Kier alpha value is -2.80. The van der Waals surface area contributed by atoms with Gasteiger partial charge in [0.1, 0.15) is 0 Å². The van der Waals surface area contributed by atoms with Gasteiger partial charge in [-0.05, 0) is 49.2 Å². The molecule has 1 heterocycles. The van der Waals surface area contributed by atoms with E-state index < -0.39 is 0 Å². The van der Waals surface area contributed by atoms with E-state index in [9.17, 15) is 4.79 Å². The predicted molar refractivity (Wildman–Crippen MR) is 94.9 cm³/mol. The Morgan fingerprint density at radius 2 is 1.88 bits per heavy atom. The highest BCUT2D eigenvalue weighted by molar-refractivity contribution is 5.94. The van der Waals surface area contributed by atoms with Gasteiger partial charge in [-0.25, -0.2) is 0 Å². The lowest BCUT2D eigenvalue weighted by Gasteiger charge is -2.39. The molecule has 3 rings (SSSR count). The number of piperidine rings is 1. The van der Waals surface area contributed by atoms with E-state index in [1.807, 2.05) is 30.1 Å². The molecular weight excluding hydrogens is 298 g/mol. The van der Waals surface area contributed by atoms with Crippen molar-refractivity contribution in [2.24, 2.45) is 0 Å². The van der Waals surface area contributed by atoms with Gasteiger partial charge in [0.25, 0.3) is 5.91 Å². The van der Waals surface area contributed by atoms with Crippen molar-refractivity contribution >= 4 is 11.6 Å². The molecule has 1 unspecified atom stereocenters. The number of rotatable bonds is 3.